The zero-order chi connectivity index (χ0) is 12.9. The quantitative estimate of drug-likeness (QED) is 0.794. The fraction of sp³-hybridized carbons (Fsp3) is 1.00. The minimum Gasteiger partial charge on any atom is -0.376 e. The Morgan fingerprint density at radius 3 is 2.18 bits per heavy atom. The highest BCUT2D eigenvalue weighted by atomic mass is 16.5. The Balaban J connectivity index is 2.72. The van der Waals surface area contributed by atoms with Crippen molar-refractivity contribution in [3.8, 4) is 0 Å². The van der Waals surface area contributed by atoms with Crippen molar-refractivity contribution >= 4 is 0 Å². The smallest absolute Gasteiger partial charge is 0.0778 e. The summed E-state index contributed by atoms with van der Waals surface area (Å²) in [5.74, 6) is 0.796. The maximum Gasteiger partial charge on any atom is 0.0778 e. The summed E-state index contributed by atoms with van der Waals surface area (Å²) < 4.78 is 6.05. The standard InChI is InChI=1S/C15H31NO/c1-6-17-14(15(2,3)4)13(16-5)12-10-8-7-9-11-12/h12-14,16H,6-11H2,1-5H3. The van der Waals surface area contributed by atoms with E-state index in [1.807, 2.05) is 0 Å². The average Bonchev–Trinajstić information content (AvgIpc) is 2.29. The Kier molecular flexibility index (Phi) is 5.94. The SMILES string of the molecule is CCOC(C(NC)C1CCCCC1)C(C)(C)C. The van der Waals surface area contributed by atoms with Crippen molar-refractivity contribution in [1.29, 1.82) is 0 Å². The van der Waals surface area contributed by atoms with Crippen molar-refractivity contribution in [2.45, 2.75) is 71.9 Å². The van der Waals surface area contributed by atoms with Gasteiger partial charge >= 0.3 is 0 Å². The molecule has 0 heterocycles. The molecular formula is C15H31NO. The summed E-state index contributed by atoms with van der Waals surface area (Å²) in [6, 6.07) is 0.509. The highest BCUT2D eigenvalue weighted by molar-refractivity contribution is 4.91. The van der Waals surface area contributed by atoms with Crippen molar-refractivity contribution in [3.05, 3.63) is 0 Å². The summed E-state index contributed by atoms with van der Waals surface area (Å²) >= 11 is 0. The predicted molar refractivity (Wildman–Crippen MR) is 74.3 cm³/mol. The van der Waals surface area contributed by atoms with Gasteiger partial charge in [-0.2, -0.15) is 0 Å². The summed E-state index contributed by atoms with van der Waals surface area (Å²) in [6.45, 7) is 9.79. The normalized spacial score (nSPS) is 22.4. The Morgan fingerprint density at radius 1 is 1.18 bits per heavy atom. The molecule has 2 heteroatoms. The van der Waals surface area contributed by atoms with E-state index in [0.717, 1.165) is 12.5 Å². The van der Waals surface area contributed by atoms with Crippen molar-refractivity contribution in [2.24, 2.45) is 11.3 Å². The molecule has 17 heavy (non-hydrogen) atoms. The van der Waals surface area contributed by atoms with Crippen LogP contribution < -0.4 is 5.32 Å². The Labute approximate surface area is 108 Å². The van der Waals surface area contributed by atoms with Gasteiger partial charge in [0.25, 0.3) is 0 Å². The Bertz CT molecular complexity index is 203. The molecule has 0 saturated heterocycles. The van der Waals surface area contributed by atoms with Gasteiger partial charge in [0.1, 0.15) is 0 Å². The first kappa shape index (κ1) is 15.0. The van der Waals surface area contributed by atoms with Crippen molar-refractivity contribution < 1.29 is 4.74 Å². The molecule has 0 spiro atoms. The fourth-order valence-electron chi connectivity index (χ4n) is 3.20. The number of likely N-dealkylation sites (N-methyl/N-ethyl adjacent to an activating group) is 1. The Hall–Kier alpha value is -0.0800. The average molecular weight is 241 g/mol. The minimum absolute atomic E-state index is 0.209. The second kappa shape index (κ2) is 6.75. The van der Waals surface area contributed by atoms with E-state index < -0.39 is 0 Å². The second-order valence-electron chi connectivity index (χ2n) is 6.45. The lowest BCUT2D eigenvalue weighted by Gasteiger charge is -2.41. The van der Waals surface area contributed by atoms with E-state index >= 15 is 0 Å². The van der Waals surface area contributed by atoms with Gasteiger partial charge in [-0.15, -0.1) is 0 Å². The lowest BCUT2D eigenvalue weighted by atomic mass is 9.75. The van der Waals surface area contributed by atoms with Crippen molar-refractivity contribution in [1.82, 2.24) is 5.32 Å². The predicted octanol–water partition coefficient (Wildman–Crippen LogP) is 3.61. The van der Waals surface area contributed by atoms with Gasteiger partial charge in [0.05, 0.1) is 6.10 Å². The first-order valence-corrected chi connectivity index (χ1v) is 7.29. The maximum absolute atomic E-state index is 6.05. The molecule has 102 valence electrons. The molecule has 1 N–H and O–H groups in total. The van der Waals surface area contributed by atoms with Crippen LogP contribution in [0.25, 0.3) is 0 Å². The van der Waals surface area contributed by atoms with E-state index in [1.54, 1.807) is 0 Å². The molecule has 0 aromatic carbocycles. The third-order valence-corrected chi connectivity index (χ3v) is 4.02. The molecule has 1 saturated carbocycles. The molecule has 2 unspecified atom stereocenters. The zero-order valence-electron chi connectivity index (χ0n) is 12.4. The summed E-state index contributed by atoms with van der Waals surface area (Å²) in [7, 11) is 2.09. The van der Waals surface area contributed by atoms with E-state index in [0.29, 0.717) is 12.1 Å². The molecule has 1 aliphatic carbocycles. The molecular weight excluding hydrogens is 210 g/mol. The lowest BCUT2D eigenvalue weighted by molar-refractivity contribution is -0.0508. The number of hydrogen-bond donors (Lipinski definition) is 1. The van der Waals surface area contributed by atoms with Gasteiger partial charge in [-0.05, 0) is 38.1 Å². The highest BCUT2D eigenvalue weighted by Gasteiger charge is 2.36. The number of ether oxygens (including phenoxy) is 1. The van der Waals surface area contributed by atoms with Crippen molar-refractivity contribution in [2.75, 3.05) is 13.7 Å². The maximum atomic E-state index is 6.05. The fourth-order valence-corrected chi connectivity index (χ4v) is 3.20. The minimum atomic E-state index is 0.209. The third kappa shape index (κ3) is 4.26. The highest BCUT2D eigenvalue weighted by Crippen LogP contribution is 2.34. The van der Waals surface area contributed by atoms with E-state index in [2.05, 4.69) is 40.1 Å². The zero-order valence-corrected chi connectivity index (χ0v) is 12.4. The summed E-state index contributed by atoms with van der Waals surface area (Å²) in [6.07, 6.45) is 7.26. The molecule has 0 aliphatic heterocycles. The van der Waals surface area contributed by atoms with E-state index in [-0.39, 0.29) is 5.41 Å². The summed E-state index contributed by atoms with van der Waals surface area (Å²) in [5, 5.41) is 3.54. The van der Waals surface area contributed by atoms with Gasteiger partial charge in [0.2, 0.25) is 0 Å². The van der Waals surface area contributed by atoms with Gasteiger partial charge in [-0.3, -0.25) is 0 Å². The summed E-state index contributed by atoms with van der Waals surface area (Å²) in [5.41, 5.74) is 0.209. The van der Waals surface area contributed by atoms with Crippen LogP contribution in [0.15, 0.2) is 0 Å². The van der Waals surface area contributed by atoms with Crippen LogP contribution in [-0.2, 0) is 4.74 Å². The van der Waals surface area contributed by atoms with Gasteiger partial charge < -0.3 is 10.1 Å². The summed E-state index contributed by atoms with van der Waals surface area (Å²) in [4.78, 5) is 0. The molecule has 1 aliphatic rings. The monoisotopic (exact) mass is 241 g/mol. The molecule has 0 bridgehead atoms. The van der Waals surface area contributed by atoms with Gasteiger partial charge in [-0.25, -0.2) is 0 Å². The van der Waals surface area contributed by atoms with Crippen LogP contribution in [-0.4, -0.2) is 25.8 Å². The van der Waals surface area contributed by atoms with Crippen LogP contribution in [0.1, 0.15) is 59.8 Å². The number of hydrogen-bond acceptors (Lipinski definition) is 2. The molecule has 2 nitrogen and oxygen atoms in total. The largest absolute Gasteiger partial charge is 0.376 e. The van der Waals surface area contributed by atoms with Crippen LogP contribution >= 0.6 is 0 Å². The van der Waals surface area contributed by atoms with Gasteiger partial charge in [0.15, 0.2) is 0 Å². The van der Waals surface area contributed by atoms with Crippen LogP contribution in [0.5, 0.6) is 0 Å². The first-order valence-electron chi connectivity index (χ1n) is 7.29. The molecule has 2 atom stereocenters. The number of rotatable bonds is 5. The molecule has 0 amide bonds. The Morgan fingerprint density at radius 2 is 1.76 bits per heavy atom. The molecule has 0 radical (unpaired) electrons. The second-order valence-corrected chi connectivity index (χ2v) is 6.45. The van der Waals surface area contributed by atoms with E-state index in [1.165, 1.54) is 32.1 Å². The third-order valence-electron chi connectivity index (χ3n) is 4.02. The van der Waals surface area contributed by atoms with Crippen molar-refractivity contribution in [3.63, 3.8) is 0 Å². The van der Waals surface area contributed by atoms with Gasteiger partial charge in [-0.1, -0.05) is 40.0 Å². The van der Waals surface area contributed by atoms with Gasteiger partial charge in [0, 0.05) is 12.6 Å². The van der Waals surface area contributed by atoms with E-state index in [4.69, 9.17) is 4.74 Å². The molecule has 0 aromatic rings. The molecule has 1 fully saturated rings. The molecule has 0 aromatic heterocycles. The van der Waals surface area contributed by atoms with E-state index in [9.17, 15) is 0 Å². The van der Waals surface area contributed by atoms with Crippen LogP contribution in [0, 0.1) is 11.3 Å². The lowest BCUT2D eigenvalue weighted by Crippen LogP contribution is -2.51. The number of nitrogens with one attached hydrogen (secondary N) is 1. The topological polar surface area (TPSA) is 21.3 Å². The molecule has 1 rings (SSSR count). The first-order chi connectivity index (χ1) is 8.00. The van der Waals surface area contributed by atoms with Crippen LogP contribution in [0.3, 0.4) is 0 Å². The van der Waals surface area contributed by atoms with Crippen LogP contribution in [0.2, 0.25) is 0 Å². The van der Waals surface area contributed by atoms with Crippen LogP contribution in [0.4, 0.5) is 0 Å².